The third kappa shape index (κ3) is 10.1. The summed E-state index contributed by atoms with van der Waals surface area (Å²) < 4.78 is 5.10. The van der Waals surface area contributed by atoms with Gasteiger partial charge < -0.3 is 31.3 Å². The lowest BCUT2D eigenvalue weighted by Crippen LogP contribution is -2.51. The maximum atomic E-state index is 12.5. The van der Waals surface area contributed by atoms with Crippen LogP contribution in [0.2, 0.25) is 0 Å². The molecule has 0 aromatic heterocycles. The molecule has 0 aliphatic heterocycles. The van der Waals surface area contributed by atoms with Gasteiger partial charge in [0.05, 0.1) is 0 Å². The Hall–Kier alpha value is -3.14. The minimum absolute atomic E-state index is 0.0141. The van der Waals surface area contributed by atoms with Gasteiger partial charge in [-0.2, -0.15) is 0 Å². The van der Waals surface area contributed by atoms with Crippen LogP contribution in [0.15, 0.2) is 30.3 Å². The van der Waals surface area contributed by atoms with Crippen molar-refractivity contribution >= 4 is 23.9 Å². The van der Waals surface area contributed by atoms with E-state index in [1.165, 1.54) is 0 Å². The van der Waals surface area contributed by atoms with Crippen molar-refractivity contribution in [3.05, 3.63) is 35.9 Å². The van der Waals surface area contributed by atoms with E-state index in [2.05, 4.69) is 10.6 Å². The molecule has 1 aromatic rings. The van der Waals surface area contributed by atoms with Crippen molar-refractivity contribution in [2.75, 3.05) is 6.54 Å². The molecule has 0 aliphatic carbocycles. The van der Waals surface area contributed by atoms with Gasteiger partial charge in [0.1, 0.15) is 18.7 Å². The van der Waals surface area contributed by atoms with E-state index in [0.717, 1.165) is 5.56 Å². The van der Waals surface area contributed by atoms with Crippen molar-refractivity contribution in [3.63, 3.8) is 0 Å². The number of carbonyl (C=O) groups is 4. The molecular formula is C19H27N3O7. The van der Waals surface area contributed by atoms with Crippen LogP contribution in [0.4, 0.5) is 4.79 Å². The number of hydrogen-bond donors (Lipinski definition) is 5. The Kier molecular flexibility index (Phi) is 10.8. The van der Waals surface area contributed by atoms with Gasteiger partial charge in [-0.05, 0) is 37.8 Å². The summed E-state index contributed by atoms with van der Waals surface area (Å²) in [6, 6.07) is 6.56. The lowest BCUT2D eigenvalue weighted by atomic mass is 10.1. The monoisotopic (exact) mass is 409 g/mol. The fraction of sp³-hybridized carbons (Fsp3) is 0.474. The molecule has 0 spiro atoms. The number of carboxylic acids is 2. The minimum atomic E-state index is -1.38. The highest BCUT2D eigenvalue weighted by Crippen LogP contribution is 2.06. The van der Waals surface area contributed by atoms with Crippen LogP contribution < -0.4 is 16.4 Å². The summed E-state index contributed by atoms with van der Waals surface area (Å²) in [5.74, 6) is -3.25. The number of rotatable bonds is 13. The second kappa shape index (κ2) is 13.1. The van der Waals surface area contributed by atoms with E-state index in [9.17, 15) is 24.3 Å². The number of carboxylic acid groups (broad SMARTS) is 2. The molecule has 1 aromatic carbocycles. The first-order chi connectivity index (χ1) is 13.8. The Morgan fingerprint density at radius 1 is 0.966 bits per heavy atom. The number of carbonyl (C=O) groups excluding carboxylic acids is 2. The molecule has 0 fully saturated rings. The maximum absolute atomic E-state index is 12.5. The Bertz CT molecular complexity index is 682. The molecule has 2 amide bonds. The van der Waals surface area contributed by atoms with Crippen LogP contribution in [0.3, 0.4) is 0 Å². The molecule has 0 bridgehead atoms. The molecule has 0 unspecified atom stereocenters. The standard InChI is InChI=1S/C19H27N3O7/c20-11-5-4-8-14(17(25)21-15(18(26)27)9-10-16(23)24)22-19(28)29-12-13-6-2-1-3-7-13/h1-3,6-7,14-15H,4-5,8-12,20H2,(H,21,25)(H,22,28)(H,23,24)(H,26,27)/t14-,15+/m0/s1. The van der Waals surface area contributed by atoms with Crippen LogP contribution in [-0.4, -0.2) is 52.8 Å². The number of alkyl carbamates (subject to hydrolysis) is 1. The molecule has 2 atom stereocenters. The van der Waals surface area contributed by atoms with Crippen LogP contribution in [-0.2, 0) is 25.7 Å². The highest BCUT2D eigenvalue weighted by Gasteiger charge is 2.27. The molecule has 0 radical (unpaired) electrons. The summed E-state index contributed by atoms with van der Waals surface area (Å²) in [5.41, 5.74) is 6.22. The SMILES string of the molecule is NCCCC[C@H](NC(=O)OCc1ccccc1)C(=O)N[C@H](CCC(=O)O)C(=O)O. The first-order valence-corrected chi connectivity index (χ1v) is 9.25. The molecule has 0 heterocycles. The molecule has 10 heteroatoms. The number of hydrogen-bond acceptors (Lipinski definition) is 6. The fourth-order valence-corrected chi connectivity index (χ4v) is 2.47. The lowest BCUT2D eigenvalue weighted by Gasteiger charge is -2.21. The first-order valence-electron chi connectivity index (χ1n) is 9.25. The van der Waals surface area contributed by atoms with Crippen molar-refractivity contribution < 1.29 is 34.1 Å². The predicted octanol–water partition coefficient (Wildman–Crippen LogP) is 0.845. The molecule has 0 saturated heterocycles. The van der Waals surface area contributed by atoms with Crippen molar-refractivity contribution in [2.45, 2.75) is 50.8 Å². The van der Waals surface area contributed by atoms with Gasteiger partial charge in [0, 0.05) is 6.42 Å². The lowest BCUT2D eigenvalue weighted by molar-refractivity contribution is -0.143. The zero-order valence-electron chi connectivity index (χ0n) is 16.0. The minimum Gasteiger partial charge on any atom is -0.481 e. The van der Waals surface area contributed by atoms with Crippen molar-refractivity contribution in [1.82, 2.24) is 10.6 Å². The highest BCUT2D eigenvalue weighted by molar-refractivity contribution is 5.89. The van der Waals surface area contributed by atoms with Gasteiger partial charge in [-0.15, -0.1) is 0 Å². The predicted molar refractivity (Wildman–Crippen MR) is 103 cm³/mol. The van der Waals surface area contributed by atoms with Gasteiger partial charge in [0.2, 0.25) is 5.91 Å². The Morgan fingerprint density at radius 2 is 1.66 bits per heavy atom. The normalized spacial score (nSPS) is 12.4. The van der Waals surface area contributed by atoms with E-state index in [1.54, 1.807) is 24.3 Å². The largest absolute Gasteiger partial charge is 0.481 e. The fourth-order valence-electron chi connectivity index (χ4n) is 2.47. The average Bonchev–Trinajstić information content (AvgIpc) is 2.69. The molecule has 0 aliphatic rings. The number of amides is 2. The van der Waals surface area contributed by atoms with E-state index >= 15 is 0 Å². The third-order valence-corrected chi connectivity index (χ3v) is 4.03. The first kappa shape index (κ1) is 23.9. The van der Waals surface area contributed by atoms with Gasteiger partial charge in [0.25, 0.3) is 0 Å². The van der Waals surface area contributed by atoms with Gasteiger partial charge in [0.15, 0.2) is 0 Å². The van der Waals surface area contributed by atoms with Crippen molar-refractivity contribution in [3.8, 4) is 0 Å². The van der Waals surface area contributed by atoms with E-state index in [0.29, 0.717) is 19.4 Å². The number of nitrogens with one attached hydrogen (secondary N) is 2. The van der Waals surface area contributed by atoms with Gasteiger partial charge in [-0.3, -0.25) is 9.59 Å². The van der Waals surface area contributed by atoms with Gasteiger partial charge in [-0.25, -0.2) is 9.59 Å². The second-order valence-electron chi connectivity index (χ2n) is 6.37. The molecule has 1 rings (SSSR count). The molecule has 6 N–H and O–H groups in total. The topological polar surface area (TPSA) is 168 Å². The summed E-state index contributed by atoms with van der Waals surface area (Å²) in [6.45, 7) is 0.420. The van der Waals surface area contributed by atoms with Crippen LogP contribution in [0.5, 0.6) is 0 Å². The van der Waals surface area contributed by atoms with Crippen LogP contribution in [0.1, 0.15) is 37.7 Å². The zero-order valence-corrected chi connectivity index (χ0v) is 16.0. The highest BCUT2D eigenvalue weighted by atomic mass is 16.5. The maximum Gasteiger partial charge on any atom is 0.408 e. The summed E-state index contributed by atoms with van der Waals surface area (Å²) in [4.78, 5) is 46.5. The van der Waals surface area contributed by atoms with Crippen LogP contribution in [0.25, 0.3) is 0 Å². The van der Waals surface area contributed by atoms with E-state index < -0.39 is 42.4 Å². The Labute approximate surface area is 168 Å². The number of aliphatic carboxylic acids is 2. The van der Waals surface area contributed by atoms with E-state index in [4.69, 9.17) is 15.6 Å². The smallest absolute Gasteiger partial charge is 0.408 e. The number of nitrogens with two attached hydrogens (primary N) is 1. The van der Waals surface area contributed by atoms with Crippen LogP contribution in [0, 0.1) is 0 Å². The number of ether oxygens (including phenoxy) is 1. The molecular weight excluding hydrogens is 382 g/mol. The summed E-state index contributed by atoms with van der Waals surface area (Å²) in [6.07, 6.45) is -0.133. The van der Waals surface area contributed by atoms with Crippen LogP contribution >= 0.6 is 0 Å². The Balaban J connectivity index is 2.67. The number of unbranched alkanes of at least 4 members (excludes halogenated alkanes) is 1. The molecule has 0 saturated carbocycles. The Morgan fingerprint density at radius 3 is 2.24 bits per heavy atom. The van der Waals surface area contributed by atoms with E-state index in [-0.39, 0.29) is 19.4 Å². The summed E-state index contributed by atoms with van der Waals surface area (Å²) in [5, 5.41) is 22.6. The quantitative estimate of drug-likeness (QED) is 0.299. The van der Waals surface area contributed by atoms with Crippen molar-refractivity contribution in [1.29, 1.82) is 0 Å². The molecule has 29 heavy (non-hydrogen) atoms. The summed E-state index contributed by atoms with van der Waals surface area (Å²) >= 11 is 0. The second-order valence-corrected chi connectivity index (χ2v) is 6.37. The molecule has 160 valence electrons. The summed E-state index contributed by atoms with van der Waals surface area (Å²) in [7, 11) is 0. The molecule has 10 nitrogen and oxygen atoms in total. The third-order valence-electron chi connectivity index (χ3n) is 4.03. The average molecular weight is 409 g/mol. The van der Waals surface area contributed by atoms with E-state index in [1.807, 2.05) is 6.07 Å². The van der Waals surface area contributed by atoms with Crippen molar-refractivity contribution in [2.24, 2.45) is 5.73 Å². The van der Waals surface area contributed by atoms with Gasteiger partial charge in [-0.1, -0.05) is 30.3 Å². The van der Waals surface area contributed by atoms with Gasteiger partial charge >= 0.3 is 18.0 Å². The number of benzene rings is 1. The zero-order chi connectivity index (χ0) is 21.6.